The molecule has 3 rings (SSSR count). The van der Waals surface area contributed by atoms with Crippen LogP contribution < -0.4 is 4.72 Å². The molecule has 8 nitrogen and oxygen atoms in total. The zero-order valence-electron chi connectivity index (χ0n) is 13.9. The van der Waals surface area contributed by atoms with Gasteiger partial charge in [0, 0.05) is 12.3 Å². The number of nitrogens with one attached hydrogen (secondary N) is 1. The molecule has 136 valence electrons. The predicted molar refractivity (Wildman–Crippen MR) is 95.6 cm³/mol. The van der Waals surface area contributed by atoms with Crippen LogP contribution in [0.5, 0.6) is 0 Å². The summed E-state index contributed by atoms with van der Waals surface area (Å²) in [6, 6.07) is 7.85. The van der Waals surface area contributed by atoms with Gasteiger partial charge in [0.15, 0.2) is 11.5 Å². The number of carbonyl (C=O) groups excluding carboxylic acids is 1. The lowest BCUT2D eigenvalue weighted by Gasteiger charge is -2.05. The molecule has 0 spiro atoms. The van der Waals surface area contributed by atoms with Crippen LogP contribution in [0.25, 0.3) is 10.6 Å². The lowest BCUT2D eigenvalue weighted by atomic mass is 10.3. The monoisotopic (exact) mass is 393 g/mol. The maximum absolute atomic E-state index is 12.5. The molecule has 10 heteroatoms. The van der Waals surface area contributed by atoms with Crippen molar-refractivity contribution in [2.24, 2.45) is 0 Å². The smallest absolute Gasteiger partial charge is 0.360 e. The van der Waals surface area contributed by atoms with Crippen molar-refractivity contribution in [3.8, 4) is 10.6 Å². The van der Waals surface area contributed by atoms with E-state index in [0.29, 0.717) is 4.88 Å². The van der Waals surface area contributed by atoms with Crippen molar-refractivity contribution in [1.82, 2.24) is 10.1 Å². The quantitative estimate of drug-likeness (QED) is 0.641. The Hall–Kier alpha value is -2.72. The topological polar surface area (TPSA) is 111 Å². The molecule has 0 radical (unpaired) electrons. The highest BCUT2D eigenvalue weighted by Crippen LogP contribution is 2.32. The number of anilines is 1. The van der Waals surface area contributed by atoms with Gasteiger partial charge in [0.05, 0.1) is 11.5 Å². The number of nitrogens with zero attached hydrogens (tertiary/aromatic N) is 2. The van der Waals surface area contributed by atoms with E-state index in [0.717, 1.165) is 16.9 Å². The lowest BCUT2D eigenvalue weighted by molar-refractivity contribution is 0.0514. The third-order valence-electron chi connectivity index (χ3n) is 3.24. The first-order valence-corrected chi connectivity index (χ1v) is 9.88. The van der Waals surface area contributed by atoms with Crippen LogP contribution in [0.4, 0.5) is 5.82 Å². The molecule has 0 aliphatic heterocycles. The maximum atomic E-state index is 12.5. The van der Waals surface area contributed by atoms with Crippen molar-refractivity contribution in [3.05, 3.63) is 47.8 Å². The second kappa shape index (κ2) is 7.26. The fourth-order valence-corrected chi connectivity index (χ4v) is 4.32. The zero-order valence-corrected chi connectivity index (χ0v) is 15.6. The summed E-state index contributed by atoms with van der Waals surface area (Å²) in [5, 5.41) is 3.64. The van der Waals surface area contributed by atoms with Crippen LogP contribution in [0.3, 0.4) is 0 Å². The van der Waals surface area contributed by atoms with Crippen LogP contribution in [-0.4, -0.2) is 31.1 Å². The molecule has 0 aromatic carbocycles. The largest absolute Gasteiger partial charge is 0.461 e. The van der Waals surface area contributed by atoms with E-state index in [-0.39, 0.29) is 28.1 Å². The van der Waals surface area contributed by atoms with Crippen molar-refractivity contribution >= 4 is 33.1 Å². The van der Waals surface area contributed by atoms with Gasteiger partial charge in [-0.15, -0.1) is 11.3 Å². The molecule has 3 aromatic heterocycles. The number of carbonyl (C=O) groups is 1. The molecule has 0 unspecified atom stereocenters. The van der Waals surface area contributed by atoms with Gasteiger partial charge in [-0.25, -0.2) is 18.2 Å². The number of pyridine rings is 1. The molecule has 0 aliphatic carbocycles. The number of aromatic nitrogens is 2. The van der Waals surface area contributed by atoms with Crippen molar-refractivity contribution in [1.29, 1.82) is 0 Å². The molecule has 0 fully saturated rings. The second-order valence-electron chi connectivity index (χ2n) is 5.24. The Labute approximate surface area is 153 Å². The minimum atomic E-state index is -3.78. The molecule has 0 amide bonds. The third kappa shape index (κ3) is 3.92. The number of sulfonamides is 1. The fraction of sp³-hybridized carbons (Fsp3) is 0.188. The highest BCUT2D eigenvalue weighted by Gasteiger charge is 2.21. The Balaban J connectivity index is 1.82. The van der Waals surface area contributed by atoms with Gasteiger partial charge in [0.1, 0.15) is 10.0 Å². The van der Waals surface area contributed by atoms with Gasteiger partial charge < -0.3 is 9.26 Å². The van der Waals surface area contributed by atoms with E-state index >= 15 is 0 Å². The van der Waals surface area contributed by atoms with Crippen LogP contribution in [-0.2, 0) is 14.8 Å². The first-order chi connectivity index (χ1) is 12.4. The fourth-order valence-electron chi connectivity index (χ4n) is 2.07. The SMILES string of the molecule is CCOC(=O)c1cc(-c2ccc(S(=O)(=O)Nc3cc(C)ccn3)s2)on1. The van der Waals surface area contributed by atoms with Gasteiger partial charge in [0.2, 0.25) is 0 Å². The molecule has 0 atom stereocenters. The molecule has 0 aliphatic rings. The van der Waals surface area contributed by atoms with Gasteiger partial charge in [-0.05, 0) is 43.7 Å². The summed E-state index contributed by atoms with van der Waals surface area (Å²) in [7, 11) is -3.78. The third-order valence-corrected chi connectivity index (χ3v) is 6.18. The first-order valence-electron chi connectivity index (χ1n) is 7.58. The van der Waals surface area contributed by atoms with E-state index in [9.17, 15) is 13.2 Å². The van der Waals surface area contributed by atoms with Crippen LogP contribution >= 0.6 is 11.3 Å². The van der Waals surface area contributed by atoms with Crippen molar-refractivity contribution in [2.45, 2.75) is 18.1 Å². The molecule has 0 saturated carbocycles. The lowest BCUT2D eigenvalue weighted by Crippen LogP contribution is -2.12. The molecule has 0 saturated heterocycles. The molecular formula is C16H15N3O5S2. The molecule has 3 heterocycles. The summed E-state index contributed by atoms with van der Waals surface area (Å²) in [6.07, 6.45) is 1.53. The van der Waals surface area contributed by atoms with Gasteiger partial charge in [-0.2, -0.15) is 0 Å². The minimum Gasteiger partial charge on any atom is -0.461 e. The van der Waals surface area contributed by atoms with Crippen molar-refractivity contribution < 1.29 is 22.5 Å². The van der Waals surface area contributed by atoms with Gasteiger partial charge in [-0.3, -0.25) is 4.72 Å². The van der Waals surface area contributed by atoms with Crippen LogP contribution in [0.15, 0.2) is 45.3 Å². The number of aryl methyl sites for hydroxylation is 1. The Morgan fingerprint density at radius 1 is 1.31 bits per heavy atom. The summed E-state index contributed by atoms with van der Waals surface area (Å²) < 4.78 is 37.5. The number of thiophene rings is 1. The number of esters is 1. The van der Waals surface area contributed by atoms with Crippen LogP contribution in [0.1, 0.15) is 23.0 Å². The molecule has 3 aromatic rings. The van der Waals surface area contributed by atoms with Crippen molar-refractivity contribution in [3.63, 3.8) is 0 Å². The summed E-state index contributed by atoms with van der Waals surface area (Å²) in [5.74, 6) is -0.0727. The maximum Gasteiger partial charge on any atom is 0.360 e. The summed E-state index contributed by atoms with van der Waals surface area (Å²) in [4.78, 5) is 16.1. The highest BCUT2D eigenvalue weighted by atomic mass is 32.2. The Morgan fingerprint density at radius 3 is 2.85 bits per heavy atom. The average Bonchev–Trinajstić information content (AvgIpc) is 3.24. The highest BCUT2D eigenvalue weighted by molar-refractivity contribution is 7.94. The summed E-state index contributed by atoms with van der Waals surface area (Å²) in [6.45, 7) is 3.75. The summed E-state index contributed by atoms with van der Waals surface area (Å²) in [5.41, 5.74) is 0.916. The van der Waals surface area contributed by atoms with E-state index in [4.69, 9.17) is 9.26 Å². The van der Waals surface area contributed by atoms with Crippen LogP contribution in [0.2, 0.25) is 0 Å². The van der Waals surface area contributed by atoms with E-state index in [1.165, 1.54) is 18.3 Å². The normalized spacial score (nSPS) is 11.3. The molecule has 26 heavy (non-hydrogen) atoms. The Morgan fingerprint density at radius 2 is 2.12 bits per heavy atom. The number of hydrogen-bond donors (Lipinski definition) is 1. The zero-order chi connectivity index (χ0) is 18.7. The minimum absolute atomic E-state index is 0.0294. The summed E-state index contributed by atoms with van der Waals surface area (Å²) >= 11 is 0.991. The molecular weight excluding hydrogens is 378 g/mol. The van der Waals surface area contributed by atoms with Gasteiger partial charge in [0.25, 0.3) is 10.0 Å². The number of hydrogen-bond acceptors (Lipinski definition) is 8. The van der Waals surface area contributed by atoms with Crippen LogP contribution in [0, 0.1) is 6.92 Å². The standard InChI is InChI=1S/C16H15N3O5S2/c1-3-23-16(20)11-9-12(24-18-11)13-4-5-15(25-13)26(21,22)19-14-8-10(2)6-7-17-14/h4-9H,3H2,1-2H3,(H,17,19). The van der Waals surface area contributed by atoms with E-state index in [2.05, 4.69) is 14.9 Å². The first kappa shape index (κ1) is 18.1. The number of ether oxygens (including phenoxy) is 1. The van der Waals surface area contributed by atoms with Gasteiger partial charge >= 0.3 is 5.97 Å². The van der Waals surface area contributed by atoms with E-state index < -0.39 is 16.0 Å². The Bertz CT molecular complexity index is 1040. The average molecular weight is 393 g/mol. The van der Waals surface area contributed by atoms with E-state index in [1.54, 1.807) is 25.1 Å². The Kier molecular flexibility index (Phi) is 5.05. The van der Waals surface area contributed by atoms with Crippen molar-refractivity contribution in [2.75, 3.05) is 11.3 Å². The number of rotatable bonds is 6. The van der Waals surface area contributed by atoms with E-state index in [1.807, 2.05) is 6.92 Å². The molecule has 1 N–H and O–H groups in total. The van der Waals surface area contributed by atoms with Gasteiger partial charge in [-0.1, -0.05) is 5.16 Å². The predicted octanol–water partition coefficient (Wildman–Crippen LogP) is 3.08. The second-order valence-corrected chi connectivity index (χ2v) is 8.23. The molecule has 0 bridgehead atoms.